The minimum absolute atomic E-state index is 0. The monoisotopic (exact) mass is 364 g/mol. The third kappa shape index (κ3) is 4.65. The van der Waals surface area contributed by atoms with Gasteiger partial charge in [-0.15, -0.1) is 12.4 Å². The fourth-order valence-electron chi connectivity index (χ4n) is 1.52. The van der Waals surface area contributed by atoms with Gasteiger partial charge in [-0.05, 0) is 54.4 Å². The van der Waals surface area contributed by atoms with Crippen molar-refractivity contribution < 1.29 is 9.53 Å². The molecule has 0 spiro atoms. The Hall–Kier alpha value is -0.780. The van der Waals surface area contributed by atoms with Crippen LogP contribution in [0.4, 0.5) is 0 Å². The first kappa shape index (κ1) is 19.2. The predicted molar refractivity (Wildman–Crippen MR) is 87.3 cm³/mol. The van der Waals surface area contributed by atoms with Gasteiger partial charge < -0.3 is 15.8 Å². The average molecular weight is 366 g/mol. The van der Waals surface area contributed by atoms with Crippen molar-refractivity contribution >= 4 is 34.2 Å². The van der Waals surface area contributed by atoms with Gasteiger partial charge in [-0.2, -0.15) is 0 Å². The smallest absolute Gasteiger partial charge is 0.227 e. The number of carbonyl (C=O) groups excluding carboxylic acids is 1. The van der Waals surface area contributed by atoms with Gasteiger partial charge in [0, 0.05) is 6.54 Å². The third-order valence-corrected chi connectivity index (χ3v) is 3.77. The number of nitrogens with two attached hydrogens (primary N) is 1. The van der Waals surface area contributed by atoms with Crippen LogP contribution in [0.25, 0.3) is 0 Å². The highest BCUT2D eigenvalue weighted by molar-refractivity contribution is 9.10. The molecule has 0 aliphatic heterocycles. The normalized spacial score (nSPS) is 12.3. The zero-order valence-electron chi connectivity index (χ0n) is 12.2. The molecule has 0 fully saturated rings. The van der Waals surface area contributed by atoms with E-state index in [1.165, 1.54) is 0 Å². The van der Waals surface area contributed by atoms with Gasteiger partial charge in [0.25, 0.3) is 0 Å². The first-order valence-electron chi connectivity index (χ1n) is 6.16. The Balaban J connectivity index is 0.00000361. The molecule has 0 saturated heterocycles. The summed E-state index contributed by atoms with van der Waals surface area (Å²) in [7, 11) is 1.62. The van der Waals surface area contributed by atoms with E-state index in [9.17, 15) is 4.79 Å². The van der Waals surface area contributed by atoms with Gasteiger partial charge in [-0.25, -0.2) is 0 Å². The average Bonchev–Trinajstić information content (AvgIpc) is 2.38. The Bertz CT molecular complexity index is 466. The number of halogens is 2. The van der Waals surface area contributed by atoms with Crippen molar-refractivity contribution in [2.24, 2.45) is 11.1 Å². The van der Waals surface area contributed by atoms with E-state index in [2.05, 4.69) is 21.2 Å². The molecule has 1 aromatic rings. The molecule has 20 heavy (non-hydrogen) atoms. The van der Waals surface area contributed by atoms with Crippen LogP contribution < -0.4 is 15.8 Å². The van der Waals surface area contributed by atoms with Gasteiger partial charge in [0.05, 0.1) is 23.0 Å². The standard InChI is InChI=1S/C14H21BrN2O2.ClH/c1-9(17-13(18)14(2,3)8-16)10-5-6-12(19-4)11(15)7-10;/h5-7,9H,8,16H2,1-4H3,(H,17,18);1H. The van der Waals surface area contributed by atoms with Gasteiger partial charge in [0.1, 0.15) is 5.75 Å². The zero-order chi connectivity index (χ0) is 14.6. The summed E-state index contributed by atoms with van der Waals surface area (Å²) in [6, 6.07) is 5.67. The summed E-state index contributed by atoms with van der Waals surface area (Å²) in [5.74, 6) is 0.721. The minimum atomic E-state index is -0.558. The Morgan fingerprint density at radius 3 is 2.55 bits per heavy atom. The van der Waals surface area contributed by atoms with Crippen molar-refractivity contribution in [2.45, 2.75) is 26.8 Å². The van der Waals surface area contributed by atoms with Crippen LogP contribution in [0.1, 0.15) is 32.4 Å². The molecule has 1 amide bonds. The topological polar surface area (TPSA) is 64.3 Å². The predicted octanol–water partition coefficient (Wildman–Crippen LogP) is 3.04. The molecule has 6 heteroatoms. The highest BCUT2D eigenvalue weighted by Crippen LogP contribution is 2.28. The number of nitrogens with one attached hydrogen (secondary N) is 1. The van der Waals surface area contributed by atoms with Crippen molar-refractivity contribution in [3.05, 3.63) is 28.2 Å². The summed E-state index contributed by atoms with van der Waals surface area (Å²) in [5.41, 5.74) is 6.05. The Morgan fingerprint density at radius 1 is 1.50 bits per heavy atom. The fourth-order valence-corrected chi connectivity index (χ4v) is 2.08. The van der Waals surface area contributed by atoms with Crippen LogP contribution in [-0.2, 0) is 4.79 Å². The lowest BCUT2D eigenvalue weighted by Gasteiger charge is -2.24. The quantitative estimate of drug-likeness (QED) is 0.843. The van der Waals surface area contributed by atoms with Crippen LogP contribution >= 0.6 is 28.3 Å². The lowest BCUT2D eigenvalue weighted by Crippen LogP contribution is -2.42. The van der Waals surface area contributed by atoms with Gasteiger partial charge in [-0.1, -0.05) is 6.07 Å². The highest BCUT2D eigenvalue weighted by Gasteiger charge is 2.27. The molecule has 3 N–H and O–H groups in total. The molecule has 114 valence electrons. The summed E-state index contributed by atoms with van der Waals surface area (Å²) in [4.78, 5) is 12.1. The molecule has 1 rings (SSSR count). The SMILES string of the molecule is COc1ccc(C(C)NC(=O)C(C)(C)CN)cc1Br.Cl. The first-order chi connectivity index (χ1) is 8.81. The zero-order valence-corrected chi connectivity index (χ0v) is 14.6. The van der Waals surface area contributed by atoms with Crippen molar-refractivity contribution in [3.8, 4) is 5.75 Å². The molecular weight excluding hydrogens is 344 g/mol. The number of ether oxygens (including phenoxy) is 1. The molecule has 0 bridgehead atoms. The second kappa shape index (κ2) is 7.86. The Morgan fingerprint density at radius 2 is 2.10 bits per heavy atom. The van der Waals surface area contributed by atoms with E-state index in [-0.39, 0.29) is 24.4 Å². The Labute approximate surface area is 135 Å². The highest BCUT2D eigenvalue weighted by atomic mass is 79.9. The van der Waals surface area contributed by atoms with Crippen LogP contribution in [0.5, 0.6) is 5.75 Å². The molecule has 0 aliphatic rings. The number of hydrogen-bond donors (Lipinski definition) is 2. The lowest BCUT2D eigenvalue weighted by atomic mass is 9.92. The van der Waals surface area contributed by atoms with E-state index in [1.54, 1.807) is 7.11 Å². The minimum Gasteiger partial charge on any atom is -0.496 e. The van der Waals surface area contributed by atoms with Gasteiger partial charge >= 0.3 is 0 Å². The Kier molecular flexibility index (Phi) is 7.55. The number of hydrogen-bond acceptors (Lipinski definition) is 3. The molecule has 0 radical (unpaired) electrons. The van der Waals surface area contributed by atoms with E-state index in [0.29, 0.717) is 6.54 Å². The number of methoxy groups -OCH3 is 1. The van der Waals surface area contributed by atoms with Gasteiger partial charge in [0.15, 0.2) is 0 Å². The van der Waals surface area contributed by atoms with E-state index >= 15 is 0 Å². The lowest BCUT2D eigenvalue weighted by molar-refractivity contribution is -0.129. The third-order valence-electron chi connectivity index (χ3n) is 3.15. The van der Waals surface area contributed by atoms with E-state index in [1.807, 2.05) is 39.0 Å². The number of rotatable bonds is 5. The fraction of sp³-hybridized carbons (Fsp3) is 0.500. The van der Waals surface area contributed by atoms with Gasteiger partial charge in [-0.3, -0.25) is 4.79 Å². The van der Waals surface area contributed by atoms with Gasteiger partial charge in [0.2, 0.25) is 5.91 Å². The first-order valence-corrected chi connectivity index (χ1v) is 6.95. The number of amides is 1. The molecule has 4 nitrogen and oxygen atoms in total. The summed E-state index contributed by atoms with van der Waals surface area (Å²) in [6.45, 7) is 5.93. The maximum atomic E-state index is 12.1. The number of carbonyl (C=O) groups is 1. The summed E-state index contributed by atoms with van der Waals surface area (Å²) in [6.07, 6.45) is 0. The summed E-state index contributed by atoms with van der Waals surface area (Å²) in [5, 5.41) is 2.97. The van der Waals surface area contributed by atoms with Crippen LogP contribution in [0, 0.1) is 5.41 Å². The second-order valence-electron chi connectivity index (χ2n) is 5.18. The van der Waals surface area contributed by atoms with Crippen LogP contribution in [-0.4, -0.2) is 19.6 Å². The summed E-state index contributed by atoms with van der Waals surface area (Å²) >= 11 is 3.44. The molecule has 1 atom stereocenters. The molecule has 0 aromatic heterocycles. The van der Waals surface area contributed by atoms with Crippen LogP contribution in [0.15, 0.2) is 22.7 Å². The van der Waals surface area contributed by atoms with Crippen LogP contribution in [0.2, 0.25) is 0 Å². The molecular formula is C14H22BrClN2O2. The maximum Gasteiger partial charge on any atom is 0.227 e. The molecule has 1 unspecified atom stereocenters. The molecule has 0 heterocycles. The van der Waals surface area contributed by atoms with E-state index in [0.717, 1.165) is 15.8 Å². The van der Waals surface area contributed by atoms with Crippen molar-refractivity contribution in [3.63, 3.8) is 0 Å². The van der Waals surface area contributed by atoms with Crippen molar-refractivity contribution in [1.29, 1.82) is 0 Å². The second-order valence-corrected chi connectivity index (χ2v) is 6.03. The van der Waals surface area contributed by atoms with E-state index in [4.69, 9.17) is 10.5 Å². The van der Waals surface area contributed by atoms with Crippen LogP contribution in [0.3, 0.4) is 0 Å². The molecule has 1 aromatic carbocycles. The summed E-state index contributed by atoms with van der Waals surface area (Å²) < 4.78 is 6.05. The van der Waals surface area contributed by atoms with Crippen molar-refractivity contribution in [2.75, 3.05) is 13.7 Å². The number of benzene rings is 1. The molecule has 0 aliphatic carbocycles. The molecule has 0 saturated carbocycles. The largest absolute Gasteiger partial charge is 0.496 e. The van der Waals surface area contributed by atoms with E-state index < -0.39 is 5.41 Å². The van der Waals surface area contributed by atoms with Crippen molar-refractivity contribution in [1.82, 2.24) is 5.32 Å². The maximum absolute atomic E-state index is 12.1.